The number of carbonyl (C=O) groups excluding carboxylic acids is 3. The van der Waals surface area contributed by atoms with Crippen molar-refractivity contribution in [3.8, 4) is 5.75 Å². The highest BCUT2D eigenvalue weighted by Gasteiger charge is 2.24. The molecule has 0 fully saturated rings. The third kappa shape index (κ3) is 8.31. The van der Waals surface area contributed by atoms with E-state index in [0.29, 0.717) is 22.6 Å². The molecular weight excluding hydrogens is 595 g/mol. The van der Waals surface area contributed by atoms with Crippen molar-refractivity contribution >= 4 is 52.6 Å². The molecule has 0 saturated heterocycles. The number of anilines is 3. The lowest BCUT2D eigenvalue weighted by Crippen LogP contribution is -2.32. The largest absolute Gasteiger partial charge is 0.497 e. The van der Waals surface area contributed by atoms with Crippen LogP contribution < -0.4 is 20.3 Å². The number of thioether (sulfide) groups is 1. The molecule has 0 saturated carbocycles. The highest BCUT2D eigenvalue weighted by atomic mass is 32.2. The molecule has 8 heteroatoms. The van der Waals surface area contributed by atoms with Crippen LogP contribution in [-0.4, -0.2) is 30.1 Å². The molecule has 46 heavy (non-hydrogen) atoms. The number of nitrogens with zero attached hydrogens (tertiary/aromatic N) is 1. The molecule has 1 unspecified atom stereocenters. The molecule has 0 aliphatic heterocycles. The number of carbonyl (C=O) groups is 3. The van der Waals surface area contributed by atoms with Gasteiger partial charge in [-0.15, -0.1) is 11.8 Å². The zero-order chi connectivity index (χ0) is 32.3. The summed E-state index contributed by atoms with van der Waals surface area (Å²) >= 11 is 1.39. The molecule has 2 N–H and O–H groups in total. The molecule has 230 valence electrons. The van der Waals surface area contributed by atoms with E-state index < -0.39 is 17.1 Å². The summed E-state index contributed by atoms with van der Waals surface area (Å²) in [7, 11) is 1.58. The third-order valence-corrected chi connectivity index (χ3v) is 8.04. The summed E-state index contributed by atoms with van der Waals surface area (Å²) in [6.07, 6.45) is 1.61. The van der Waals surface area contributed by atoms with Crippen LogP contribution in [0.1, 0.15) is 22.8 Å². The lowest BCUT2D eigenvalue weighted by molar-refractivity contribution is -0.117. The van der Waals surface area contributed by atoms with Crippen molar-refractivity contribution in [3.05, 3.63) is 156 Å². The van der Waals surface area contributed by atoms with Crippen LogP contribution >= 0.6 is 11.8 Å². The fraction of sp³-hybridized carbons (Fsp3) is 0.0789. The standard InChI is InChI=1S/C38H33N3O4S/c1-27(38(44)41(31-16-8-4-9-17-31)32-18-10-5-11-19-32)46-34-20-12-15-30(26-34)39-37(43)35(25-28-21-23-33(45-2)24-22-28)40-36(42)29-13-6-3-7-14-29/h3-27H,1-2H3,(H,39,43)(H,40,42)/b35-25+. The summed E-state index contributed by atoms with van der Waals surface area (Å²) in [6.45, 7) is 1.87. The minimum Gasteiger partial charge on any atom is -0.497 e. The summed E-state index contributed by atoms with van der Waals surface area (Å²) < 4.78 is 5.24. The minimum absolute atomic E-state index is 0.0713. The fourth-order valence-corrected chi connectivity index (χ4v) is 5.62. The molecule has 5 rings (SSSR count). The Balaban J connectivity index is 1.34. The summed E-state index contributed by atoms with van der Waals surface area (Å²) in [5.74, 6) is -0.307. The van der Waals surface area contributed by atoms with E-state index in [4.69, 9.17) is 4.74 Å². The van der Waals surface area contributed by atoms with Gasteiger partial charge in [0, 0.05) is 27.5 Å². The van der Waals surface area contributed by atoms with E-state index in [1.54, 1.807) is 72.7 Å². The Bertz CT molecular complexity index is 1770. The molecule has 5 aromatic carbocycles. The smallest absolute Gasteiger partial charge is 0.272 e. The maximum absolute atomic E-state index is 13.8. The van der Waals surface area contributed by atoms with Crippen LogP contribution in [0.5, 0.6) is 5.75 Å². The zero-order valence-corrected chi connectivity index (χ0v) is 26.2. The van der Waals surface area contributed by atoms with E-state index in [-0.39, 0.29) is 11.6 Å². The van der Waals surface area contributed by atoms with Crippen LogP contribution in [0.3, 0.4) is 0 Å². The maximum Gasteiger partial charge on any atom is 0.272 e. The highest BCUT2D eigenvalue weighted by molar-refractivity contribution is 8.00. The summed E-state index contributed by atoms with van der Waals surface area (Å²) in [4.78, 5) is 42.9. The van der Waals surface area contributed by atoms with Crippen molar-refractivity contribution in [1.82, 2.24) is 5.32 Å². The van der Waals surface area contributed by atoms with Gasteiger partial charge in [0.15, 0.2) is 0 Å². The molecular formula is C38H33N3O4S. The Morgan fingerprint density at radius 1 is 0.739 bits per heavy atom. The van der Waals surface area contributed by atoms with Gasteiger partial charge in [-0.05, 0) is 85.3 Å². The van der Waals surface area contributed by atoms with Crippen molar-refractivity contribution in [2.45, 2.75) is 17.1 Å². The molecule has 0 radical (unpaired) electrons. The van der Waals surface area contributed by atoms with Crippen LogP contribution in [0.4, 0.5) is 17.1 Å². The van der Waals surface area contributed by atoms with Gasteiger partial charge in [0.1, 0.15) is 11.4 Å². The summed E-state index contributed by atoms with van der Waals surface area (Å²) in [5, 5.41) is 5.22. The van der Waals surface area contributed by atoms with Crippen LogP contribution in [-0.2, 0) is 9.59 Å². The van der Waals surface area contributed by atoms with E-state index in [1.165, 1.54) is 11.8 Å². The van der Waals surface area contributed by atoms with Gasteiger partial charge in [-0.25, -0.2) is 0 Å². The molecule has 3 amide bonds. The van der Waals surface area contributed by atoms with Crippen LogP contribution in [0, 0.1) is 0 Å². The molecule has 7 nitrogen and oxygen atoms in total. The predicted octanol–water partition coefficient (Wildman–Crippen LogP) is 7.95. The first-order valence-electron chi connectivity index (χ1n) is 14.7. The van der Waals surface area contributed by atoms with Gasteiger partial charge in [-0.2, -0.15) is 0 Å². The second kappa shape index (κ2) is 15.4. The molecule has 0 spiro atoms. The predicted molar refractivity (Wildman–Crippen MR) is 185 cm³/mol. The van der Waals surface area contributed by atoms with Gasteiger partial charge in [0.2, 0.25) is 5.91 Å². The van der Waals surface area contributed by atoms with Gasteiger partial charge in [0.05, 0.1) is 12.4 Å². The minimum atomic E-state index is -0.495. The van der Waals surface area contributed by atoms with Crippen LogP contribution in [0.15, 0.2) is 150 Å². The third-order valence-electron chi connectivity index (χ3n) is 6.96. The van der Waals surface area contributed by atoms with E-state index in [9.17, 15) is 14.4 Å². The zero-order valence-electron chi connectivity index (χ0n) is 25.4. The van der Waals surface area contributed by atoms with Crippen molar-refractivity contribution in [3.63, 3.8) is 0 Å². The van der Waals surface area contributed by atoms with Gasteiger partial charge in [-0.1, -0.05) is 72.8 Å². The average molecular weight is 628 g/mol. The Morgan fingerprint density at radius 2 is 1.33 bits per heavy atom. The van der Waals surface area contributed by atoms with Crippen LogP contribution in [0.2, 0.25) is 0 Å². The van der Waals surface area contributed by atoms with E-state index >= 15 is 0 Å². The summed E-state index contributed by atoms with van der Waals surface area (Å²) in [6, 6.07) is 42.2. The van der Waals surface area contributed by atoms with Gasteiger partial charge < -0.3 is 15.4 Å². The molecule has 5 aromatic rings. The molecule has 1 atom stereocenters. The topological polar surface area (TPSA) is 87.7 Å². The number of rotatable bonds is 11. The monoisotopic (exact) mass is 627 g/mol. The number of amides is 3. The van der Waals surface area contributed by atoms with E-state index in [2.05, 4.69) is 10.6 Å². The maximum atomic E-state index is 13.8. The number of hydrogen-bond donors (Lipinski definition) is 2. The number of ether oxygens (including phenoxy) is 1. The van der Waals surface area contributed by atoms with Crippen molar-refractivity contribution in [2.75, 3.05) is 17.3 Å². The van der Waals surface area contributed by atoms with Crippen molar-refractivity contribution < 1.29 is 19.1 Å². The fourth-order valence-electron chi connectivity index (χ4n) is 4.65. The Morgan fingerprint density at radius 3 is 1.91 bits per heavy atom. The molecule has 0 aliphatic rings. The SMILES string of the molecule is COc1ccc(/C=C(/NC(=O)c2ccccc2)C(=O)Nc2cccc(SC(C)C(=O)N(c3ccccc3)c3ccccc3)c2)cc1. The normalized spacial score (nSPS) is 11.7. The Labute approximate surface area is 272 Å². The number of nitrogens with one attached hydrogen (secondary N) is 2. The number of para-hydroxylation sites is 2. The first kappa shape index (κ1) is 31.8. The van der Waals surface area contributed by atoms with Crippen molar-refractivity contribution in [2.24, 2.45) is 0 Å². The summed E-state index contributed by atoms with van der Waals surface area (Å²) in [5.41, 5.74) is 3.28. The molecule has 0 aromatic heterocycles. The van der Waals surface area contributed by atoms with Gasteiger partial charge >= 0.3 is 0 Å². The Hall–Kier alpha value is -5.60. The second-order valence-electron chi connectivity index (χ2n) is 10.2. The van der Waals surface area contributed by atoms with Gasteiger partial charge in [-0.3, -0.25) is 19.3 Å². The molecule has 0 heterocycles. The lowest BCUT2D eigenvalue weighted by atomic mass is 10.1. The van der Waals surface area contributed by atoms with E-state index in [0.717, 1.165) is 16.3 Å². The Kier molecular flexibility index (Phi) is 10.7. The first-order chi connectivity index (χ1) is 22.4. The quantitative estimate of drug-likeness (QED) is 0.115. The first-order valence-corrected chi connectivity index (χ1v) is 15.5. The molecule has 0 bridgehead atoms. The molecule has 0 aliphatic carbocycles. The average Bonchev–Trinajstić information content (AvgIpc) is 3.10. The number of benzene rings is 5. The van der Waals surface area contributed by atoms with Crippen molar-refractivity contribution in [1.29, 1.82) is 0 Å². The lowest BCUT2D eigenvalue weighted by Gasteiger charge is -2.26. The number of hydrogen-bond acceptors (Lipinski definition) is 5. The number of methoxy groups -OCH3 is 1. The highest BCUT2D eigenvalue weighted by Crippen LogP contribution is 2.32. The van der Waals surface area contributed by atoms with E-state index in [1.807, 2.05) is 91.9 Å². The second-order valence-corrected chi connectivity index (χ2v) is 11.7. The van der Waals surface area contributed by atoms with Crippen LogP contribution in [0.25, 0.3) is 6.08 Å². The van der Waals surface area contributed by atoms with Gasteiger partial charge in [0.25, 0.3) is 11.8 Å².